The lowest BCUT2D eigenvalue weighted by atomic mass is 10.0. The van der Waals surface area contributed by atoms with Crippen LogP contribution in [0.1, 0.15) is 38.8 Å². The van der Waals surface area contributed by atoms with E-state index in [2.05, 4.69) is 5.32 Å². The Morgan fingerprint density at radius 1 is 1.00 bits per heavy atom. The van der Waals surface area contributed by atoms with Crippen molar-refractivity contribution >= 4 is 34.7 Å². The van der Waals surface area contributed by atoms with Crippen LogP contribution in [0.25, 0.3) is 5.57 Å². The number of hydrogen-bond donors (Lipinski definition) is 1. The Bertz CT molecular complexity index is 994. The number of ether oxygens (including phenoxy) is 1. The van der Waals surface area contributed by atoms with E-state index in [9.17, 15) is 9.59 Å². The van der Waals surface area contributed by atoms with Crippen LogP contribution in [0.15, 0.2) is 48.2 Å². The van der Waals surface area contributed by atoms with E-state index in [-0.39, 0.29) is 29.5 Å². The van der Waals surface area contributed by atoms with Crippen molar-refractivity contribution in [1.82, 2.24) is 4.90 Å². The van der Waals surface area contributed by atoms with Crippen LogP contribution in [0.5, 0.6) is 5.75 Å². The molecule has 0 spiro atoms. The van der Waals surface area contributed by atoms with Crippen LogP contribution in [0, 0.1) is 12.8 Å². The second-order valence-corrected chi connectivity index (χ2v) is 8.55. The molecule has 0 radical (unpaired) electrons. The van der Waals surface area contributed by atoms with E-state index in [1.54, 1.807) is 18.2 Å². The first-order valence-corrected chi connectivity index (χ1v) is 10.5. The molecule has 2 aromatic carbocycles. The average Bonchev–Trinajstić information content (AvgIpc) is 2.89. The highest BCUT2D eigenvalue weighted by molar-refractivity contribution is 6.36. The average molecular weight is 427 g/mol. The summed E-state index contributed by atoms with van der Waals surface area (Å²) >= 11 is 6.24. The zero-order chi connectivity index (χ0) is 22.0. The number of nitrogens with one attached hydrogen (secondary N) is 1. The fourth-order valence-corrected chi connectivity index (χ4v) is 3.46. The summed E-state index contributed by atoms with van der Waals surface area (Å²) in [5, 5.41) is 3.73. The highest BCUT2D eigenvalue weighted by Gasteiger charge is 2.39. The summed E-state index contributed by atoms with van der Waals surface area (Å²) in [5.41, 5.74) is 2.88. The van der Waals surface area contributed by atoms with E-state index in [1.165, 1.54) is 4.90 Å². The van der Waals surface area contributed by atoms with Crippen molar-refractivity contribution in [2.75, 3.05) is 11.9 Å². The molecule has 2 aromatic rings. The summed E-state index contributed by atoms with van der Waals surface area (Å²) in [5.74, 6) is 0.244. The molecular weight excluding hydrogens is 400 g/mol. The lowest BCUT2D eigenvalue weighted by Gasteiger charge is -2.17. The van der Waals surface area contributed by atoms with E-state index in [1.807, 2.05) is 58.9 Å². The Morgan fingerprint density at radius 2 is 1.67 bits per heavy atom. The van der Waals surface area contributed by atoms with E-state index >= 15 is 0 Å². The molecule has 0 aliphatic carbocycles. The van der Waals surface area contributed by atoms with E-state index in [4.69, 9.17) is 16.3 Å². The number of carbonyl (C=O) groups excluding carboxylic acids is 2. The van der Waals surface area contributed by atoms with Crippen LogP contribution in [0.2, 0.25) is 5.02 Å². The largest absolute Gasteiger partial charge is 0.491 e. The summed E-state index contributed by atoms with van der Waals surface area (Å²) in [4.78, 5) is 27.6. The van der Waals surface area contributed by atoms with Crippen molar-refractivity contribution in [2.24, 2.45) is 5.92 Å². The van der Waals surface area contributed by atoms with Crippen molar-refractivity contribution in [3.05, 3.63) is 64.3 Å². The van der Waals surface area contributed by atoms with Gasteiger partial charge >= 0.3 is 0 Å². The maximum Gasteiger partial charge on any atom is 0.278 e. The van der Waals surface area contributed by atoms with Gasteiger partial charge in [0.2, 0.25) is 0 Å². The molecule has 1 aliphatic rings. The standard InChI is InChI=1S/C24H27ClN2O3/c1-14(2)13-27-23(28)21(17-7-10-19(11-8-17)30-15(3)4)22(24(27)29)26-18-9-6-16(5)20(25)12-18/h6-12,14-15,26H,13H2,1-5H3. The number of halogens is 1. The maximum atomic E-state index is 13.2. The normalized spacial score (nSPS) is 14.3. The quantitative estimate of drug-likeness (QED) is 0.611. The third kappa shape index (κ3) is 4.68. The smallest absolute Gasteiger partial charge is 0.278 e. The Balaban J connectivity index is 2.02. The first-order valence-electron chi connectivity index (χ1n) is 10.1. The van der Waals surface area contributed by atoms with Crippen molar-refractivity contribution in [3.8, 4) is 5.75 Å². The first kappa shape index (κ1) is 21.9. The maximum absolute atomic E-state index is 13.2. The van der Waals surface area contributed by atoms with Gasteiger partial charge in [-0.3, -0.25) is 14.5 Å². The molecule has 6 heteroatoms. The number of aryl methyl sites for hydroxylation is 1. The summed E-state index contributed by atoms with van der Waals surface area (Å²) in [7, 11) is 0. The van der Waals surface area contributed by atoms with Gasteiger partial charge in [-0.15, -0.1) is 0 Å². The number of benzene rings is 2. The number of carbonyl (C=O) groups is 2. The van der Waals surface area contributed by atoms with Crippen LogP contribution >= 0.6 is 11.6 Å². The van der Waals surface area contributed by atoms with E-state index < -0.39 is 0 Å². The van der Waals surface area contributed by atoms with Gasteiger partial charge in [0.1, 0.15) is 11.4 Å². The Labute approximate surface area is 182 Å². The second-order valence-electron chi connectivity index (χ2n) is 8.14. The molecule has 5 nitrogen and oxygen atoms in total. The molecule has 1 heterocycles. The molecule has 0 unspecified atom stereocenters. The number of imide groups is 1. The molecule has 158 valence electrons. The highest BCUT2D eigenvalue weighted by atomic mass is 35.5. The number of rotatable bonds is 7. The monoisotopic (exact) mass is 426 g/mol. The molecule has 3 rings (SSSR count). The Morgan fingerprint density at radius 3 is 2.23 bits per heavy atom. The van der Waals surface area contributed by atoms with E-state index in [0.29, 0.717) is 34.1 Å². The molecule has 1 N–H and O–H groups in total. The molecule has 2 amide bonds. The van der Waals surface area contributed by atoms with Gasteiger partial charge in [-0.05, 0) is 62.1 Å². The zero-order valence-corrected chi connectivity index (χ0v) is 18.7. The number of amides is 2. The molecular formula is C24H27ClN2O3. The lowest BCUT2D eigenvalue weighted by Crippen LogP contribution is -2.35. The lowest BCUT2D eigenvalue weighted by molar-refractivity contribution is -0.137. The molecule has 30 heavy (non-hydrogen) atoms. The van der Waals surface area contributed by atoms with Gasteiger partial charge in [-0.2, -0.15) is 0 Å². The highest BCUT2D eigenvalue weighted by Crippen LogP contribution is 2.32. The fourth-order valence-electron chi connectivity index (χ4n) is 3.28. The minimum Gasteiger partial charge on any atom is -0.491 e. The predicted octanol–water partition coefficient (Wildman–Crippen LogP) is 5.28. The molecule has 1 aliphatic heterocycles. The number of hydrogen-bond acceptors (Lipinski definition) is 4. The zero-order valence-electron chi connectivity index (χ0n) is 18.0. The van der Waals surface area contributed by atoms with Gasteiger partial charge in [0, 0.05) is 17.3 Å². The van der Waals surface area contributed by atoms with Crippen molar-refractivity contribution in [3.63, 3.8) is 0 Å². The molecule has 0 fully saturated rings. The molecule has 0 atom stereocenters. The van der Waals surface area contributed by atoms with Crippen LogP contribution in [-0.2, 0) is 9.59 Å². The van der Waals surface area contributed by atoms with Crippen LogP contribution in [-0.4, -0.2) is 29.4 Å². The Kier molecular flexibility index (Phi) is 6.52. The van der Waals surface area contributed by atoms with Crippen LogP contribution in [0.4, 0.5) is 5.69 Å². The number of nitrogens with zero attached hydrogens (tertiary/aromatic N) is 1. The van der Waals surface area contributed by atoms with Crippen molar-refractivity contribution in [2.45, 2.75) is 40.7 Å². The van der Waals surface area contributed by atoms with Crippen LogP contribution < -0.4 is 10.1 Å². The first-order chi connectivity index (χ1) is 14.2. The topological polar surface area (TPSA) is 58.6 Å². The fraction of sp³-hybridized carbons (Fsp3) is 0.333. The third-order valence-corrected chi connectivity index (χ3v) is 5.08. The van der Waals surface area contributed by atoms with Gasteiger partial charge in [-0.1, -0.05) is 43.6 Å². The number of anilines is 1. The van der Waals surface area contributed by atoms with Crippen LogP contribution in [0.3, 0.4) is 0 Å². The third-order valence-electron chi connectivity index (χ3n) is 4.67. The summed E-state index contributed by atoms with van der Waals surface area (Å²) in [6.45, 7) is 10.1. The molecule has 0 bridgehead atoms. The molecule has 0 aromatic heterocycles. The summed E-state index contributed by atoms with van der Waals surface area (Å²) in [6, 6.07) is 12.7. The molecule has 0 saturated heterocycles. The van der Waals surface area contributed by atoms with Gasteiger partial charge in [0.05, 0.1) is 11.7 Å². The Hall–Kier alpha value is -2.79. The predicted molar refractivity (Wildman–Crippen MR) is 120 cm³/mol. The van der Waals surface area contributed by atoms with Gasteiger partial charge < -0.3 is 10.1 Å². The minimum absolute atomic E-state index is 0.0507. The summed E-state index contributed by atoms with van der Waals surface area (Å²) < 4.78 is 5.69. The summed E-state index contributed by atoms with van der Waals surface area (Å²) in [6.07, 6.45) is 0.0507. The van der Waals surface area contributed by atoms with Crippen molar-refractivity contribution < 1.29 is 14.3 Å². The SMILES string of the molecule is Cc1ccc(NC2=C(c3ccc(OC(C)C)cc3)C(=O)N(CC(C)C)C2=O)cc1Cl. The second kappa shape index (κ2) is 8.92. The van der Waals surface area contributed by atoms with Gasteiger partial charge in [0.25, 0.3) is 11.8 Å². The minimum atomic E-state index is -0.331. The van der Waals surface area contributed by atoms with E-state index in [0.717, 1.165) is 5.56 Å². The van der Waals surface area contributed by atoms with Gasteiger partial charge in [0.15, 0.2) is 0 Å². The van der Waals surface area contributed by atoms with Crippen molar-refractivity contribution in [1.29, 1.82) is 0 Å². The molecule has 0 saturated carbocycles. The van der Waals surface area contributed by atoms with Gasteiger partial charge in [-0.25, -0.2) is 0 Å².